The van der Waals surface area contributed by atoms with Crippen LogP contribution in [0.1, 0.15) is 54.4 Å². The van der Waals surface area contributed by atoms with Gasteiger partial charge < -0.3 is 4.42 Å². The molecule has 0 spiro atoms. The molecule has 8 rings (SSSR count). The molecule has 2 aliphatic heterocycles. The summed E-state index contributed by atoms with van der Waals surface area (Å²) in [6, 6.07) is 29.8. The summed E-state index contributed by atoms with van der Waals surface area (Å²) in [5.41, 5.74) is 11.9. The van der Waals surface area contributed by atoms with Gasteiger partial charge in [0.05, 0.1) is 25.2 Å². The number of nitrogens with zero attached hydrogens (tertiary/aromatic N) is 3. The maximum atomic E-state index is 14.8. The second kappa shape index (κ2) is 12.7. The molecular weight excluding hydrogens is 646 g/mol. The van der Waals surface area contributed by atoms with Gasteiger partial charge in [0, 0.05) is 46.2 Å². The topological polar surface area (TPSA) is 32.9 Å². The average Bonchev–Trinajstić information content (AvgIpc) is 3.51. The van der Waals surface area contributed by atoms with Gasteiger partial charge in [-0.1, -0.05) is 82.5 Å². The van der Waals surface area contributed by atoms with Crippen molar-refractivity contribution >= 4 is 41.6 Å². The van der Waals surface area contributed by atoms with Gasteiger partial charge in [-0.25, -0.2) is 13.9 Å². The normalized spacial score (nSPS) is 17.4. The lowest BCUT2D eigenvalue weighted by Gasteiger charge is -2.32. The molecule has 0 amide bonds. The van der Waals surface area contributed by atoms with Gasteiger partial charge in [-0.2, -0.15) is 4.57 Å². The molecule has 256 valence electrons. The molecule has 3 aromatic heterocycles. The Kier molecular flexibility index (Phi) is 8.26. The summed E-state index contributed by atoms with van der Waals surface area (Å²) in [6.07, 6.45) is 6.10. The standard InChI is InChI=1S/C45H46FN3OSi/c1-8-40-33-14-10-9-13-32(33)34-19-17-30-18-20-35-36-21-22-39(37-15-11-12-16-38(37)46)47-45(36)50-44(35)42(30)41-27-31(28(2)3)23-24-48(41)29(4)43(34)49(40)25-26-51(5,6)7/h8-16,18,20-24,27-28,34,43H,1,4,17,19,25-26H2,2-3,5-7H3/q+2. The van der Waals surface area contributed by atoms with Crippen molar-refractivity contribution in [3.8, 4) is 22.5 Å². The lowest BCUT2D eigenvalue weighted by Crippen LogP contribution is -2.50. The van der Waals surface area contributed by atoms with Gasteiger partial charge in [0.1, 0.15) is 12.4 Å². The number of aryl methyl sites for hydroxylation is 1. The molecule has 2 atom stereocenters. The number of allylic oxidation sites excluding steroid dienone is 1. The van der Waals surface area contributed by atoms with Crippen LogP contribution in [-0.4, -0.2) is 35.9 Å². The zero-order valence-electron chi connectivity index (χ0n) is 30.3. The molecule has 0 saturated carbocycles. The van der Waals surface area contributed by atoms with Gasteiger partial charge in [0.25, 0.3) is 0 Å². The fraction of sp³-hybridized carbons (Fsp3) is 0.267. The van der Waals surface area contributed by atoms with E-state index in [2.05, 4.69) is 110 Å². The predicted molar refractivity (Wildman–Crippen MR) is 211 cm³/mol. The minimum absolute atomic E-state index is 0.0448. The highest BCUT2D eigenvalue weighted by molar-refractivity contribution is 6.76. The molecule has 0 saturated heterocycles. The Morgan fingerprint density at radius 3 is 2.45 bits per heavy atom. The van der Waals surface area contributed by atoms with Crippen LogP contribution in [0.4, 0.5) is 4.39 Å². The van der Waals surface area contributed by atoms with Gasteiger partial charge in [0.2, 0.25) is 28.9 Å². The van der Waals surface area contributed by atoms with E-state index in [9.17, 15) is 4.39 Å². The summed E-state index contributed by atoms with van der Waals surface area (Å²) in [5.74, 6) is 0.264. The van der Waals surface area contributed by atoms with E-state index in [4.69, 9.17) is 16.0 Å². The van der Waals surface area contributed by atoms with Gasteiger partial charge in [-0.15, -0.1) is 0 Å². The van der Waals surface area contributed by atoms with Crippen LogP contribution in [0.25, 0.3) is 50.3 Å². The second-order valence-electron chi connectivity index (χ2n) is 15.7. The summed E-state index contributed by atoms with van der Waals surface area (Å²) in [5, 5.41) is 1.92. The van der Waals surface area contributed by atoms with Crippen molar-refractivity contribution in [1.29, 1.82) is 0 Å². The molecule has 0 fully saturated rings. The maximum Gasteiger partial charge on any atom is 0.249 e. The molecule has 0 bridgehead atoms. The molecule has 3 aromatic carbocycles. The monoisotopic (exact) mass is 691 g/mol. The molecule has 6 heteroatoms. The van der Waals surface area contributed by atoms with Crippen LogP contribution in [0.2, 0.25) is 25.7 Å². The quantitative estimate of drug-likeness (QED) is 0.129. The van der Waals surface area contributed by atoms with Gasteiger partial charge >= 0.3 is 0 Å². The third-order valence-electron chi connectivity index (χ3n) is 11.0. The third kappa shape index (κ3) is 5.70. The Morgan fingerprint density at radius 1 is 0.961 bits per heavy atom. The first-order chi connectivity index (χ1) is 24.5. The van der Waals surface area contributed by atoms with Crippen molar-refractivity contribution in [2.75, 3.05) is 6.54 Å². The Bertz CT molecular complexity index is 2410. The fourth-order valence-corrected chi connectivity index (χ4v) is 9.17. The van der Waals surface area contributed by atoms with Gasteiger partial charge in [-0.05, 0) is 72.4 Å². The zero-order valence-corrected chi connectivity index (χ0v) is 31.3. The number of furan rings is 1. The number of rotatable bonds is 6. The van der Waals surface area contributed by atoms with E-state index in [1.54, 1.807) is 12.1 Å². The van der Waals surface area contributed by atoms with Gasteiger partial charge in [0.15, 0.2) is 11.8 Å². The van der Waals surface area contributed by atoms with Crippen LogP contribution in [0, 0.1) is 5.82 Å². The first kappa shape index (κ1) is 33.2. The Morgan fingerprint density at radius 2 is 1.71 bits per heavy atom. The van der Waals surface area contributed by atoms with E-state index in [0.717, 1.165) is 52.7 Å². The predicted octanol–water partition coefficient (Wildman–Crippen LogP) is 10.8. The summed E-state index contributed by atoms with van der Waals surface area (Å²) in [7, 11) is -1.37. The fourth-order valence-electron chi connectivity index (χ4n) is 8.26. The minimum atomic E-state index is -1.37. The Hall–Kier alpha value is -4.94. The van der Waals surface area contributed by atoms with Crippen LogP contribution >= 0.6 is 0 Å². The number of halogens is 1. The van der Waals surface area contributed by atoms with E-state index in [1.807, 2.05) is 18.2 Å². The molecule has 6 aromatic rings. The first-order valence-corrected chi connectivity index (χ1v) is 22.0. The molecule has 4 nitrogen and oxygen atoms in total. The van der Waals surface area contributed by atoms with Crippen molar-refractivity contribution in [3.05, 3.63) is 138 Å². The zero-order chi connectivity index (χ0) is 35.6. The van der Waals surface area contributed by atoms with Gasteiger partial charge in [-0.3, -0.25) is 0 Å². The molecule has 2 unspecified atom stereocenters. The Labute approximate surface area is 301 Å². The van der Waals surface area contributed by atoms with E-state index < -0.39 is 8.07 Å². The van der Waals surface area contributed by atoms with Crippen molar-refractivity contribution in [2.45, 2.75) is 70.3 Å². The Balaban J connectivity index is 1.38. The van der Waals surface area contributed by atoms with Crippen molar-refractivity contribution < 1.29 is 18.0 Å². The number of pyridine rings is 2. The highest BCUT2D eigenvalue weighted by Crippen LogP contribution is 2.43. The number of fused-ring (bicyclic) bond motifs is 10. The molecule has 5 heterocycles. The molecule has 0 aliphatic carbocycles. The number of benzene rings is 3. The summed E-state index contributed by atoms with van der Waals surface area (Å²) >= 11 is 0. The third-order valence-corrected chi connectivity index (χ3v) is 12.7. The van der Waals surface area contributed by atoms with E-state index in [0.29, 0.717) is 22.9 Å². The van der Waals surface area contributed by atoms with E-state index >= 15 is 0 Å². The van der Waals surface area contributed by atoms with Crippen LogP contribution in [0.15, 0.2) is 115 Å². The summed E-state index contributed by atoms with van der Waals surface area (Å²) in [4.78, 5) is 4.87. The largest absolute Gasteiger partial charge is 0.437 e. The first-order valence-electron chi connectivity index (χ1n) is 18.2. The average molecular weight is 692 g/mol. The second-order valence-corrected chi connectivity index (χ2v) is 21.4. The summed E-state index contributed by atoms with van der Waals surface area (Å²) in [6.45, 7) is 22.1. The van der Waals surface area contributed by atoms with Crippen LogP contribution < -0.4 is 4.57 Å². The number of hydrogen-bond acceptors (Lipinski definition) is 2. The molecule has 0 radical (unpaired) electrons. The van der Waals surface area contributed by atoms with Crippen molar-refractivity contribution in [3.63, 3.8) is 0 Å². The smallest absolute Gasteiger partial charge is 0.249 e. The van der Waals surface area contributed by atoms with Crippen LogP contribution in [-0.2, 0) is 6.42 Å². The van der Waals surface area contributed by atoms with Crippen molar-refractivity contribution in [2.24, 2.45) is 0 Å². The highest BCUT2D eigenvalue weighted by Gasteiger charge is 2.47. The van der Waals surface area contributed by atoms with Crippen LogP contribution in [0.3, 0.4) is 0 Å². The van der Waals surface area contributed by atoms with Crippen molar-refractivity contribution in [1.82, 2.24) is 4.98 Å². The number of hydrogen-bond donors (Lipinski definition) is 0. The van der Waals surface area contributed by atoms with E-state index in [1.165, 1.54) is 40.1 Å². The molecule has 2 aliphatic rings. The SMILES string of the molecule is C=CC1=[N+](CC[Si](C)(C)C)C2C(=C)[n+]3ccc(C(C)C)cc3-c3c(ccc4c3oc3nc(-c5ccccc5F)ccc34)CCC2c2ccccc21. The molecular formula is C45H46FN3OSi+2. The maximum absolute atomic E-state index is 14.8. The number of aromatic nitrogens is 2. The highest BCUT2D eigenvalue weighted by atomic mass is 28.3. The molecule has 51 heavy (non-hydrogen) atoms. The molecule has 0 N–H and O–H groups in total. The lowest BCUT2D eigenvalue weighted by atomic mass is 9.78. The lowest BCUT2D eigenvalue weighted by molar-refractivity contribution is -0.622. The summed E-state index contributed by atoms with van der Waals surface area (Å²) < 4.78 is 26.6. The van der Waals surface area contributed by atoms with E-state index in [-0.39, 0.29) is 17.8 Å². The minimum Gasteiger partial charge on any atom is -0.437 e. The van der Waals surface area contributed by atoms with Crippen LogP contribution in [0.5, 0.6) is 0 Å².